The molecular weight excluding hydrogens is 264 g/mol. The fourth-order valence-corrected chi connectivity index (χ4v) is 2.58. The quantitative estimate of drug-likeness (QED) is 0.928. The Labute approximate surface area is 127 Å². The fraction of sp³-hybridized carbons (Fsp3) is 0.588. The number of nitrogens with one attached hydrogen (secondary N) is 1. The Kier molecular flexibility index (Phi) is 4.88. The molecule has 0 bridgehead atoms. The Morgan fingerprint density at radius 1 is 1.33 bits per heavy atom. The predicted octanol–water partition coefficient (Wildman–Crippen LogP) is 3.35. The van der Waals surface area contributed by atoms with E-state index >= 15 is 0 Å². The van der Waals surface area contributed by atoms with Gasteiger partial charge < -0.3 is 15.0 Å². The maximum absolute atomic E-state index is 12.0. The molecule has 1 fully saturated rings. The number of rotatable bonds is 3. The molecule has 0 aromatic heterocycles. The average Bonchev–Trinajstić information content (AvgIpc) is 2.86. The van der Waals surface area contributed by atoms with E-state index in [9.17, 15) is 4.79 Å². The Morgan fingerprint density at radius 3 is 2.62 bits per heavy atom. The summed E-state index contributed by atoms with van der Waals surface area (Å²) in [6.07, 6.45) is 0.760. The highest BCUT2D eigenvalue weighted by Crippen LogP contribution is 2.18. The highest BCUT2D eigenvalue weighted by atomic mass is 16.6. The first-order chi connectivity index (χ1) is 9.85. The van der Waals surface area contributed by atoms with E-state index in [1.165, 1.54) is 5.56 Å². The molecule has 1 aliphatic heterocycles. The van der Waals surface area contributed by atoms with E-state index in [-0.39, 0.29) is 12.1 Å². The third kappa shape index (κ3) is 4.74. The van der Waals surface area contributed by atoms with Crippen molar-refractivity contribution in [2.75, 3.05) is 13.1 Å². The van der Waals surface area contributed by atoms with Crippen LogP contribution in [-0.2, 0) is 4.74 Å². The lowest BCUT2D eigenvalue weighted by molar-refractivity contribution is 0.0290. The van der Waals surface area contributed by atoms with E-state index in [4.69, 9.17) is 4.74 Å². The van der Waals surface area contributed by atoms with E-state index < -0.39 is 5.60 Å². The topological polar surface area (TPSA) is 41.6 Å². The summed E-state index contributed by atoms with van der Waals surface area (Å²) in [7, 11) is 0. The standard InChI is InChI=1S/C17H26N2O2/c1-13(14-8-6-5-7-9-14)18-15-10-11-19(12-15)16(20)21-17(2,3)4/h5-9,13,15,18H,10-12H2,1-4H3/t13-,15+/m1/s1. The van der Waals surface area contributed by atoms with Crippen molar-refractivity contribution in [2.45, 2.75) is 51.8 Å². The molecule has 1 heterocycles. The summed E-state index contributed by atoms with van der Waals surface area (Å²) >= 11 is 0. The number of benzene rings is 1. The van der Waals surface area contributed by atoms with Gasteiger partial charge >= 0.3 is 6.09 Å². The highest BCUT2D eigenvalue weighted by Gasteiger charge is 2.30. The molecule has 2 atom stereocenters. The van der Waals surface area contributed by atoms with E-state index in [1.807, 2.05) is 26.8 Å². The van der Waals surface area contributed by atoms with Crippen molar-refractivity contribution >= 4 is 6.09 Å². The zero-order valence-electron chi connectivity index (χ0n) is 13.4. The van der Waals surface area contributed by atoms with Gasteiger partial charge in [-0.2, -0.15) is 0 Å². The van der Waals surface area contributed by atoms with Gasteiger partial charge in [0.25, 0.3) is 0 Å². The molecule has 0 saturated carbocycles. The molecule has 0 unspecified atom stereocenters. The van der Waals surface area contributed by atoms with Crippen LogP contribution in [0.1, 0.15) is 45.7 Å². The van der Waals surface area contributed by atoms with E-state index in [2.05, 4.69) is 36.5 Å². The van der Waals surface area contributed by atoms with Crippen molar-refractivity contribution in [1.29, 1.82) is 0 Å². The summed E-state index contributed by atoms with van der Waals surface area (Å²) in [6, 6.07) is 11.0. The number of carbonyl (C=O) groups excluding carboxylic acids is 1. The zero-order chi connectivity index (χ0) is 15.5. The fourth-order valence-electron chi connectivity index (χ4n) is 2.58. The minimum atomic E-state index is -0.431. The molecule has 1 saturated heterocycles. The molecule has 4 heteroatoms. The summed E-state index contributed by atoms with van der Waals surface area (Å²) < 4.78 is 5.42. The first-order valence-corrected chi connectivity index (χ1v) is 7.64. The molecule has 4 nitrogen and oxygen atoms in total. The van der Waals surface area contributed by atoms with Crippen molar-refractivity contribution in [3.63, 3.8) is 0 Å². The van der Waals surface area contributed by atoms with Crippen molar-refractivity contribution in [1.82, 2.24) is 10.2 Å². The third-order valence-electron chi connectivity index (χ3n) is 3.63. The summed E-state index contributed by atoms with van der Waals surface area (Å²) in [5, 5.41) is 3.59. The lowest BCUT2D eigenvalue weighted by Crippen LogP contribution is -2.39. The summed E-state index contributed by atoms with van der Waals surface area (Å²) in [6.45, 7) is 9.32. The van der Waals surface area contributed by atoms with Gasteiger partial charge in [0.2, 0.25) is 0 Å². The Morgan fingerprint density at radius 2 is 2.00 bits per heavy atom. The summed E-state index contributed by atoms with van der Waals surface area (Å²) in [5.74, 6) is 0. The Balaban J connectivity index is 1.84. The Hall–Kier alpha value is -1.55. The van der Waals surface area contributed by atoms with E-state index in [0.717, 1.165) is 13.0 Å². The molecular formula is C17H26N2O2. The molecule has 1 aliphatic rings. The van der Waals surface area contributed by atoms with Crippen molar-refractivity contribution in [2.24, 2.45) is 0 Å². The van der Waals surface area contributed by atoms with Gasteiger partial charge in [0.15, 0.2) is 0 Å². The van der Waals surface area contributed by atoms with Crippen molar-refractivity contribution in [3.05, 3.63) is 35.9 Å². The van der Waals surface area contributed by atoms with Gasteiger partial charge in [-0.15, -0.1) is 0 Å². The number of amides is 1. The zero-order valence-corrected chi connectivity index (χ0v) is 13.4. The molecule has 21 heavy (non-hydrogen) atoms. The van der Waals surface area contributed by atoms with E-state index in [0.29, 0.717) is 12.6 Å². The number of carbonyl (C=O) groups is 1. The number of nitrogens with zero attached hydrogens (tertiary/aromatic N) is 1. The second-order valence-corrected chi connectivity index (χ2v) is 6.71. The SMILES string of the molecule is C[C@@H](N[C@H]1CCN(C(=O)OC(C)(C)C)C1)c1ccccc1. The monoisotopic (exact) mass is 290 g/mol. The average molecular weight is 290 g/mol. The molecule has 1 N–H and O–H groups in total. The molecule has 116 valence electrons. The normalized spacial score (nSPS) is 20.4. The second kappa shape index (κ2) is 6.48. The minimum absolute atomic E-state index is 0.209. The van der Waals surface area contributed by atoms with Gasteiger partial charge in [0.05, 0.1) is 0 Å². The first kappa shape index (κ1) is 15.8. The maximum Gasteiger partial charge on any atom is 0.410 e. The summed E-state index contributed by atoms with van der Waals surface area (Å²) in [4.78, 5) is 13.8. The van der Waals surface area contributed by atoms with Gasteiger partial charge in [0, 0.05) is 25.2 Å². The van der Waals surface area contributed by atoms with Crippen LogP contribution >= 0.6 is 0 Å². The molecule has 0 aliphatic carbocycles. The van der Waals surface area contributed by atoms with Gasteiger partial charge in [-0.25, -0.2) is 4.79 Å². The van der Waals surface area contributed by atoms with E-state index in [1.54, 1.807) is 4.90 Å². The number of hydrogen-bond acceptors (Lipinski definition) is 3. The number of ether oxygens (including phenoxy) is 1. The molecule has 2 rings (SSSR count). The van der Waals surface area contributed by atoms with Crippen LogP contribution in [0.2, 0.25) is 0 Å². The molecule has 0 radical (unpaired) electrons. The molecule has 0 spiro atoms. The first-order valence-electron chi connectivity index (χ1n) is 7.64. The smallest absolute Gasteiger partial charge is 0.410 e. The maximum atomic E-state index is 12.0. The Bertz CT molecular complexity index is 467. The van der Waals surface area contributed by atoms with Gasteiger partial charge in [0.1, 0.15) is 5.60 Å². The third-order valence-corrected chi connectivity index (χ3v) is 3.63. The molecule has 1 amide bonds. The van der Waals surface area contributed by atoms with Crippen LogP contribution in [0.15, 0.2) is 30.3 Å². The van der Waals surface area contributed by atoms with Crippen LogP contribution in [0.25, 0.3) is 0 Å². The molecule has 1 aromatic carbocycles. The van der Waals surface area contributed by atoms with Gasteiger partial charge in [-0.1, -0.05) is 30.3 Å². The van der Waals surface area contributed by atoms with Crippen LogP contribution in [0, 0.1) is 0 Å². The van der Waals surface area contributed by atoms with Crippen molar-refractivity contribution in [3.8, 4) is 0 Å². The van der Waals surface area contributed by atoms with Crippen molar-refractivity contribution < 1.29 is 9.53 Å². The van der Waals surface area contributed by atoms with Crippen LogP contribution in [0.4, 0.5) is 4.79 Å². The summed E-state index contributed by atoms with van der Waals surface area (Å²) in [5.41, 5.74) is 0.841. The largest absolute Gasteiger partial charge is 0.444 e. The lowest BCUT2D eigenvalue weighted by atomic mass is 10.1. The van der Waals surface area contributed by atoms with Gasteiger partial charge in [-0.05, 0) is 39.7 Å². The van der Waals surface area contributed by atoms with Crippen LogP contribution in [-0.4, -0.2) is 35.7 Å². The number of likely N-dealkylation sites (tertiary alicyclic amines) is 1. The van der Waals surface area contributed by atoms with Crippen LogP contribution < -0.4 is 5.32 Å². The molecule has 1 aromatic rings. The van der Waals surface area contributed by atoms with Crippen LogP contribution in [0.5, 0.6) is 0 Å². The number of hydrogen-bond donors (Lipinski definition) is 1. The highest BCUT2D eigenvalue weighted by molar-refractivity contribution is 5.68. The lowest BCUT2D eigenvalue weighted by Gasteiger charge is -2.25. The van der Waals surface area contributed by atoms with Crippen LogP contribution in [0.3, 0.4) is 0 Å². The van der Waals surface area contributed by atoms with Gasteiger partial charge in [-0.3, -0.25) is 0 Å². The predicted molar refractivity (Wildman–Crippen MR) is 84.2 cm³/mol. The second-order valence-electron chi connectivity index (χ2n) is 6.71. The minimum Gasteiger partial charge on any atom is -0.444 e.